The lowest BCUT2D eigenvalue weighted by Crippen LogP contribution is -2.31. The Hall–Kier alpha value is -1.59. The van der Waals surface area contributed by atoms with Gasteiger partial charge in [0.2, 0.25) is 0 Å². The van der Waals surface area contributed by atoms with Gasteiger partial charge in [-0.3, -0.25) is 9.59 Å². The molecular weight excluding hydrogens is 226 g/mol. The van der Waals surface area contributed by atoms with Crippen molar-refractivity contribution < 1.29 is 24.2 Å². The lowest BCUT2D eigenvalue weighted by Gasteiger charge is -2.15. The third kappa shape index (κ3) is 2.25. The number of rotatable bonds is 4. The van der Waals surface area contributed by atoms with Crippen LogP contribution in [0.5, 0.6) is 0 Å². The first-order chi connectivity index (χ1) is 8.04. The molecule has 1 aliphatic carbocycles. The van der Waals surface area contributed by atoms with Crippen molar-refractivity contribution in [1.82, 2.24) is 4.90 Å². The molecule has 0 aromatic heterocycles. The zero-order chi connectivity index (χ0) is 12.6. The molecule has 1 aliphatic heterocycles. The number of likely N-dealkylation sites (tertiary alicyclic amines) is 1. The van der Waals surface area contributed by atoms with Gasteiger partial charge >= 0.3 is 12.1 Å². The number of Topliss-reactive ketones (excluding diaryl/α,β-unsaturated/α-hetero) is 1. The van der Waals surface area contributed by atoms with Crippen LogP contribution >= 0.6 is 0 Å². The summed E-state index contributed by atoms with van der Waals surface area (Å²) in [5, 5.41) is 8.76. The summed E-state index contributed by atoms with van der Waals surface area (Å²) in [5.41, 5.74) is 0. The van der Waals surface area contributed by atoms with E-state index in [9.17, 15) is 14.4 Å². The fourth-order valence-electron chi connectivity index (χ4n) is 2.63. The van der Waals surface area contributed by atoms with E-state index in [-0.39, 0.29) is 36.6 Å². The van der Waals surface area contributed by atoms with Gasteiger partial charge in [0.1, 0.15) is 12.2 Å². The van der Waals surface area contributed by atoms with Crippen LogP contribution in [0.1, 0.15) is 13.3 Å². The van der Waals surface area contributed by atoms with Crippen molar-refractivity contribution in [2.24, 2.45) is 17.8 Å². The molecule has 1 amide bonds. The van der Waals surface area contributed by atoms with Crippen molar-refractivity contribution in [3.63, 3.8) is 0 Å². The standard InChI is InChI=1S/C11H15NO5/c1-2-17-9(14)3-8(13)10-6-4-12(11(15)16)5-7(6)10/h6-7,10H,2-5H2,1H3,(H,15,16). The Bertz CT molecular complexity index is 355. The molecule has 2 rings (SSSR count). The van der Waals surface area contributed by atoms with Gasteiger partial charge in [-0.2, -0.15) is 0 Å². The van der Waals surface area contributed by atoms with Gasteiger partial charge in [0.05, 0.1) is 6.61 Å². The lowest BCUT2D eigenvalue weighted by molar-refractivity contribution is -0.145. The van der Waals surface area contributed by atoms with Crippen LogP contribution < -0.4 is 0 Å². The van der Waals surface area contributed by atoms with Crippen molar-refractivity contribution in [2.75, 3.05) is 19.7 Å². The Kier molecular flexibility index (Phi) is 3.04. The number of ketones is 1. The molecule has 0 bridgehead atoms. The molecule has 2 atom stereocenters. The van der Waals surface area contributed by atoms with E-state index in [0.717, 1.165) is 0 Å². The van der Waals surface area contributed by atoms with E-state index in [1.165, 1.54) is 4.90 Å². The minimum Gasteiger partial charge on any atom is -0.466 e. The third-order valence-corrected chi connectivity index (χ3v) is 3.46. The number of fused-ring (bicyclic) bond motifs is 1. The van der Waals surface area contributed by atoms with Gasteiger partial charge in [0.15, 0.2) is 0 Å². The summed E-state index contributed by atoms with van der Waals surface area (Å²) in [4.78, 5) is 34.8. The molecule has 0 aromatic carbocycles. The first-order valence-electron chi connectivity index (χ1n) is 5.70. The van der Waals surface area contributed by atoms with E-state index in [4.69, 9.17) is 9.84 Å². The summed E-state index contributed by atoms with van der Waals surface area (Å²) in [6.07, 6.45) is -1.12. The van der Waals surface area contributed by atoms with Crippen LogP contribution in [0.25, 0.3) is 0 Å². The van der Waals surface area contributed by atoms with Crippen LogP contribution in [0, 0.1) is 17.8 Å². The molecule has 17 heavy (non-hydrogen) atoms. The molecule has 6 nitrogen and oxygen atoms in total. The number of carbonyl (C=O) groups excluding carboxylic acids is 2. The molecule has 2 aliphatic rings. The summed E-state index contributed by atoms with van der Waals surface area (Å²) >= 11 is 0. The van der Waals surface area contributed by atoms with Gasteiger partial charge in [-0.1, -0.05) is 0 Å². The molecular formula is C11H15NO5. The summed E-state index contributed by atoms with van der Waals surface area (Å²) in [7, 11) is 0. The second-order valence-corrected chi connectivity index (χ2v) is 4.49. The van der Waals surface area contributed by atoms with Crippen LogP contribution in [-0.2, 0) is 14.3 Å². The summed E-state index contributed by atoms with van der Waals surface area (Å²) in [6.45, 7) is 2.80. The number of hydrogen-bond donors (Lipinski definition) is 1. The van der Waals surface area contributed by atoms with Crippen LogP contribution in [0.3, 0.4) is 0 Å². The minimum absolute atomic E-state index is 0.108. The van der Waals surface area contributed by atoms with E-state index in [1.807, 2.05) is 0 Å². The number of amides is 1. The number of carboxylic acid groups (broad SMARTS) is 1. The van der Waals surface area contributed by atoms with Crippen molar-refractivity contribution in [3.8, 4) is 0 Å². The number of esters is 1. The monoisotopic (exact) mass is 241 g/mol. The van der Waals surface area contributed by atoms with Gasteiger partial charge in [0.25, 0.3) is 0 Å². The highest BCUT2D eigenvalue weighted by Crippen LogP contribution is 2.52. The predicted octanol–water partition coefficient (Wildman–Crippen LogP) is 0.364. The molecule has 0 spiro atoms. The summed E-state index contributed by atoms with van der Waals surface area (Å²) in [6, 6.07) is 0. The topological polar surface area (TPSA) is 83.9 Å². The van der Waals surface area contributed by atoms with Gasteiger partial charge in [-0.05, 0) is 18.8 Å². The SMILES string of the molecule is CCOC(=O)CC(=O)C1C2CN(C(=O)O)CC21. The molecule has 6 heteroatoms. The third-order valence-electron chi connectivity index (χ3n) is 3.46. The zero-order valence-electron chi connectivity index (χ0n) is 9.59. The molecule has 1 saturated carbocycles. The zero-order valence-corrected chi connectivity index (χ0v) is 9.59. The van der Waals surface area contributed by atoms with E-state index < -0.39 is 12.1 Å². The van der Waals surface area contributed by atoms with Crippen molar-refractivity contribution in [2.45, 2.75) is 13.3 Å². The Morgan fingerprint density at radius 3 is 2.35 bits per heavy atom. The number of nitrogens with zero attached hydrogens (tertiary/aromatic N) is 1. The smallest absolute Gasteiger partial charge is 0.407 e. The Morgan fingerprint density at radius 2 is 1.88 bits per heavy atom. The highest BCUT2D eigenvalue weighted by Gasteiger charge is 2.60. The van der Waals surface area contributed by atoms with Gasteiger partial charge in [-0.25, -0.2) is 4.79 Å². The van der Waals surface area contributed by atoms with Gasteiger partial charge < -0.3 is 14.7 Å². The largest absolute Gasteiger partial charge is 0.466 e. The first-order valence-corrected chi connectivity index (χ1v) is 5.70. The van der Waals surface area contributed by atoms with E-state index >= 15 is 0 Å². The molecule has 1 heterocycles. The van der Waals surface area contributed by atoms with Crippen molar-refractivity contribution in [3.05, 3.63) is 0 Å². The Labute approximate surface area is 98.5 Å². The van der Waals surface area contributed by atoms with Crippen LogP contribution in [0.2, 0.25) is 0 Å². The van der Waals surface area contributed by atoms with Crippen LogP contribution in [-0.4, -0.2) is 47.5 Å². The number of hydrogen-bond acceptors (Lipinski definition) is 4. The minimum atomic E-state index is -0.936. The van der Waals surface area contributed by atoms with Crippen molar-refractivity contribution in [1.29, 1.82) is 0 Å². The molecule has 1 N–H and O–H groups in total. The fraction of sp³-hybridized carbons (Fsp3) is 0.727. The van der Waals surface area contributed by atoms with Gasteiger partial charge in [-0.15, -0.1) is 0 Å². The fourth-order valence-corrected chi connectivity index (χ4v) is 2.63. The first kappa shape index (κ1) is 11.9. The number of piperidine rings is 1. The van der Waals surface area contributed by atoms with Crippen LogP contribution in [0.4, 0.5) is 4.79 Å². The molecule has 0 aromatic rings. The van der Waals surface area contributed by atoms with E-state index in [0.29, 0.717) is 13.1 Å². The highest BCUT2D eigenvalue weighted by atomic mass is 16.5. The summed E-state index contributed by atoms with van der Waals surface area (Å²) in [5.74, 6) is -0.489. The molecule has 94 valence electrons. The maximum absolute atomic E-state index is 11.7. The Morgan fingerprint density at radius 1 is 1.29 bits per heavy atom. The second kappa shape index (κ2) is 4.35. The van der Waals surface area contributed by atoms with E-state index in [2.05, 4.69) is 0 Å². The number of ether oxygens (including phenoxy) is 1. The molecule has 0 radical (unpaired) electrons. The Balaban J connectivity index is 1.79. The second-order valence-electron chi connectivity index (χ2n) is 4.49. The quantitative estimate of drug-likeness (QED) is 0.567. The van der Waals surface area contributed by atoms with Crippen molar-refractivity contribution >= 4 is 17.8 Å². The maximum atomic E-state index is 11.7. The molecule has 1 saturated heterocycles. The number of carbonyl (C=O) groups is 3. The summed E-state index contributed by atoms with van der Waals surface area (Å²) < 4.78 is 4.71. The predicted molar refractivity (Wildman–Crippen MR) is 56.3 cm³/mol. The average molecular weight is 241 g/mol. The average Bonchev–Trinajstić information content (AvgIpc) is 2.74. The molecule has 2 unspecified atom stereocenters. The molecule has 2 fully saturated rings. The lowest BCUT2D eigenvalue weighted by atomic mass is 10.1. The van der Waals surface area contributed by atoms with Gasteiger partial charge in [0, 0.05) is 19.0 Å². The van der Waals surface area contributed by atoms with E-state index in [1.54, 1.807) is 6.92 Å². The maximum Gasteiger partial charge on any atom is 0.407 e. The van der Waals surface area contributed by atoms with Crippen LogP contribution in [0.15, 0.2) is 0 Å². The normalized spacial score (nSPS) is 29.7. The highest BCUT2D eigenvalue weighted by molar-refractivity contribution is 5.98.